The van der Waals surface area contributed by atoms with Crippen LogP contribution in [0, 0.1) is 0 Å². The third-order valence-electron chi connectivity index (χ3n) is 3.60. The van der Waals surface area contributed by atoms with Crippen LogP contribution in [0.2, 0.25) is 0 Å². The second-order valence-corrected chi connectivity index (χ2v) is 6.04. The van der Waals surface area contributed by atoms with Gasteiger partial charge >= 0.3 is 0 Å². The van der Waals surface area contributed by atoms with Crippen LogP contribution in [0.25, 0.3) is 0 Å². The van der Waals surface area contributed by atoms with Crippen molar-refractivity contribution in [2.75, 3.05) is 7.11 Å². The highest BCUT2D eigenvalue weighted by atomic mass is 79.9. The van der Waals surface area contributed by atoms with Crippen LogP contribution in [0.3, 0.4) is 0 Å². The summed E-state index contributed by atoms with van der Waals surface area (Å²) in [5.41, 5.74) is 2.21. The summed E-state index contributed by atoms with van der Waals surface area (Å²) < 4.78 is 6.36. The van der Waals surface area contributed by atoms with Crippen molar-refractivity contribution in [1.82, 2.24) is 0 Å². The van der Waals surface area contributed by atoms with E-state index in [4.69, 9.17) is 4.74 Å². The minimum atomic E-state index is -0.389. The van der Waals surface area contributed by atoms with Crippen molar-refractivity contribution in [3.05, 3.63) is 64.1 Å². The third-order valence-corrected chi connectivity index (χ3v) is 4.09. The number of hydrogen-bond donors (Lipinski definition) is 1. The molecule has 0 saturated heterocycles. The second-order valence-electron chi connectivity index (χ2n) is 5.13. The molecular formula is C18H21BrO2. The fourth-order valence-electron chi connectivity index (χ4n) is 2.44. The predicted octanol–water partition coefficient (Wildman–Crippen LogP) is 4.90. The Bertz CT molecular complexity index is 569. The van der Waals surface area contributed by atoms with E-state index in [2.05, 4.69) is 22.0 Å². The zero-order valence-electron chi connectivity index (χ0n) is 12.3. The van der Waals surface area contributed by atoms with Gasteiger partial charge in [0.1, 0.15) is 5.75 Å². The number of para-hydroxylation sites is 1. The smallest absolute Gasteiger partial charge is 0.122 e. The molecule has 0 aliphatic carbocycles. The van der Waals surface area contributed by atoms with Crippen LogP contribution in [-0.2, 0) is 6.42 Å². The number of aryl methyl sites for hydroxylation is 1. The molecule has 2 aromatic rings. The Balaban J connectivity index is 1.79. The van der Waals surface area contributed by atoms with E-state index in [0.29, 0.717) is 0 Å². The van der Waals surface area contributed by atoms with E-state index in [1.807, 2.05) is 42.5 Å². The molecule has 0 aliphatic heterocycles. The van der Waals surface area contributed by atoms with Gasteiger partial charge in [-0.05, 0) is 48.6 Å². The number of ether oxygens (including phenoxy) is 1. The first-order valence-corrected chi connectivity index (χ1v) is 8.05. The largest absolute Gasteiger partial charge is 0.496 e. The van der Waals surface area contributed by atoms with Crippen LogP contribution in [0.1, 0.15) is 36.5 Å². The van der Waals surface area contributed by atoms with Crippen molar-refractivity contribution in [2.24, 2.45) is 0 Å². The highest BCUT2D eigenvalue weighted by Gasteiger charge is 2.08. The minimum absolute atomic E-state index is 0.389. The molecule has 112 valence electrons. The molecule has 0 amide bonds. The van der Waals surface area contributed by atoms with E-state index >= 15 is 0 Å². The molecule has 0 spiro atoms. The molecule has 0 saturated carbocycles. The maximum absolute atomic E-state index is 10.2. The average Bonchev–Trinajstić information content (AvgIpc) is 2.51. The maximum atomic E-state index is 10.2. The Hall–Kier alpha value is -1.32. The first kappa shape index (κ1) is 16.1. The quantitative estimate of drug-likeness (QED) is 0.720. The fourth-order valence-corrected chi connectivity index (χ4v) is 2.86. The van der Waals surface area contributed by atoms with E-state index in [1.54, 1.807) is 7.11 Å². The molecule has 2 nitrogen and oxygen atoms in total. The first-order chi connectivity index (χ1) is 10.2. The Morgan fingerprint density at radius 1 is 1.10 bits per heavy atom. The molecule has 0 unspecified atom stereocenters. The van der Waals surface area contributed by atoms with Gasteiger partial charge in [-0.2, -0.15) is 0 Å². The average molecular weight is 349 g/mol. The summed E-state index contributed by atoms with van der Waals surface area (Å²) in [6.07, 6.45) is 3.41. The van der Waals surface area contributed by atoms with Crippen molar-refractivity contribution in [1.29, 1.82) is 0 Å². The van der Waals surface area contributed by atoms with Gasteiger partial charge in [-0.3, -0.25) is 0 Å². The van der Waals surface area contributed by atoms with Crippen molar-refractivity contribution >= 4 is 15.9 Å². The molecule has 1 N–H and O–H groups in total. The zero-order chi connectivity index (χ0) is 15.1. The van der Waals surface area contributed by atoms with Crippen molar-refractivity contribution in [2.45, 2.75) is 31.8 Å². The molecule has 2 rings (SSSR count). The highest BCUT2D eigenvalue weighted by molar-refractivity contribution is 9.10. The number of rotatable bonds is 7. The summed E-state index contributed by atoms with van der Waals surface area (Å²) in [6, 6.07) is 16.0. The number of unbranched alkanes of at least 4 members (excludes halogenated alkanes) is 1. The molecule has 3 heteroatoms. The summed E-state index contributed by atoms with van der Waals surface area (Å²) in [7, 11) is 1.70. The highest BCUT2D eigenvalue weighted by Crippen LogP contribution is 2.24. The number of aliphatic hydroxyl groups excluding tert-OH is 1. The van der Waals surface area contributed by atoms with Gasteiger partial charge in [-0.25, -0.2) is 0 Å². The van der Waals surface area contributed by atoms with Crippen LogP contribution >= 0.6 is 15.9 Å². The Morgan fingerprint density at radius 2 is 1.90 bits per heavy atom. The standard InChI is InChI=1S/C18H21BrO2/c1-21-18-12-5-3-8-14(18)7-2-4-11-17(20)15-9-6-10-16(19)13-15/h3,5-6,8-10,12-13,17,20H,2,4,7,11H2,1H3/t17-/m1/s1. The van der Waals surface area contributed by atoms with Gasteiger partial charge in [-0.15, -0.1) is 0 Å². The summed E-state index contributed by atoms with van der Waals surface area (Å²) >= 11 is 3.43. The number of hydrogen-bond acceptors (Lipinski definition) is 2. The van der Waals surface area contributed by atoms with Gasteiger partial charge in [0.25, 0.3) is 0 Å². The molecule has 2 aromatic carbocycles. The summed E-state index contributed by atoms with van der Waals surface area (Å²) in [5, 5.41) is 10.2. The van der Waals surface area contributed by atoms with Gasteiger partial charge in [0.05, 0.1) is 13.2 Å². The van der Waals surface area contributed by atoms with Crippen LogP contribution in [0.5, 0.6) is 5.75 Å². The lowest BCUT2D eigenvalue weighted by Crippen LogP contribution is -1.98. The van der Waals surface area contributed by atoms with E-state index in [0.717, 1.165) is 41.5 Å². The lowest BCUT2D eigenvalue weighted by Gasteiger charge is -2.12. The third kappa shape index (κ3) is 4.87. The van der Waals surface area contributed by atoms with E-state index in [9.17, 15) is 5.11 Å². The Morgan fingerprint density at radius 3 is 2.67 bits per heavy atom. The summed E-state index contributed by atoms with van der Waals surface area (Å²) in [4.78, 5) is 0. The van der Waals surface area contributed by atoms with Crippen molar-refractivity contribution in [3.63, 3.8) is 0 Å². The van der Waals surface area contributed by atoms with Crippen LogP contribution in [0.4, 0.5) is 0 Å². The summed E-state index contributed by atoms with van der Waals surface area (Å²) in [5.74, 6) is 0.949. The van der Waals surface area contributed by atoms with Crippen LogP contribution < -0.4 is 4.74 Å². The summed E-state index contributed by atoms with van der Waals surface area (Å²) in [6.45, 7) is 0. The van der Waals surface area contributed by atoms with Gasteiger partial charge < -0.3 is 9.84 Å². The molecular weight excluding hydrogens is 328 g/mol. The molecule has 0 fully saturated rings. The molecule has 0 aromatic heterocycles. The molecule has 0 radical (unpaired) electrons. The Labute approximate surface area is 134 Å². The molecule has 0 heterocycles. The molecule has 0 bridgehead atoms. The van der Waals surface area contributed by atoms with Crippen molar-refractivity contribution < 1.29 is 9.84 Å². The normalized spacial score (nSPS) is 12.1. The number of halogens is 1. The lowest BCUT2D eigenvalue weighted by molar-refractivity contribution is 0.163. The van der Waals surface area contributed by atoms with Gasteiger partial charge in [-0.1, -0.05) is 52.7 Å². The molecule has 0 aliphatic rings. The topological polar surface area (TPSA) is 29.5 Å². The number of methoxy groups -OCH3 is 1. The second kappa shape index (κ2) is 8.20. The van der Waals surface area contributed by atoms with E-state index < -0.39 is 0 Å². The minimum Gasteiger partial charge on any atom is -0.496 e. The first-order valence-electron chi connectivity index (χ1n) is 7.26. The SMILES string of the molecule is COc1ccccc1CCCC[C@@H](O)c1cccc(Br)c1. The monoisotopic (exact) mass is 348 g/mol. The Kier molecular flexibility index (Phi) is 6.27. The fraction of sp³-hybridized carbons (Fsp3) is 0.333. The van der Waals surface area contributed by atoms with E-state index in [1.165, 1.54) is 5.56 Å². The number of aliphatic hydroxyl groups is 1. The lowest BCUT2D eigenvalue weighted by atomic mass is 10.0. The van der Waals surface area contributed by atoms with Crippen molar-refractivity contribution in [3.8, 4) is 5.75 Å². The van der Waals surface area contributed by atoms with Crippen LogP contribution in [0.15, 0.2) is 53.0 Å². The number of benzene rings is 2. The predicted molar refractivity (Wildman–Crippen MR) is 89.7 cm³/mol. The maximum Gasteiger partial charge on any atom is 0.122 e. The van der Waals surface area contributed by atoms with Gasteiger partial charge in [0.2, 0.25) is 0 Å². The van der Waals surface area contributed by atoms with Gasteiger partial charge in [0.15, 0.2) is 0 Å². The van der Waals surface area contributed by atoms with Crippen LogP contribution in [-0.4, -0.2) is 12.2 Å². The van der Waals surface area contributed by atoms with Gasteiger partial charge in [0, 0.05) is 4.47 Å². The molecule has 21 heavy (non-hydrogen) atoms. The molecule has 1 atom stereocenters. The zero-order valence-corrected chi connectivity index (χ0v) is 13.8. The van der Waals surface area contributed by atoms with E-state index in [-0.39, 0.29) is 6.10 Å².